The minimum Gasteiger partial charge on any atom is -0.333 e. The number of benzene rings is 1. The lowest BCUT2D eigenvalue weighted by molar-refractivity contribution is -0.125. The van der Waals surface area contributed by atoms with Gasteiger partial charge in [0.2, 0.25) is 0 Å². The Hall–Kier alpha value is -1.82. The van der Waals surface area contributed by atoms with Crippen LogP contribution in [-0.4, -0.2) is 29.9 Å². The van der Waals surface area contributed by atoms with Crippen LogP contribution in [0.25, 0.3) is 0 Å². The molecule has 0 saturated heterocycles. The molecule has 0 saturated carbocycles. The number of nitrogens with one attached hydrogen (secondary N) is 2. The van der Waals surface area contributed by atoms with Gasteiger partial charge in [0, 0.05) is 11.0 Å². The average Bonchev–Trinajstić information content (AvgIpc) is 2.76. The summed E-state index contributed by atoms with van der Waals surface area (Å²) in [6, 6.07) is 7.02. The molecular weight excluding hydrogens is 334 g/mol. The van der Waals surface area contributed by atoms with E-state index in [0.717, 1.165) is 22.2 Å². The summed E-state index contributed by atoms with van der Waals surface area (Å²) < 4.78 is 0.964. The van der Waals surface area contributed by atoms with Gasteiger partial charge in [0.1, 0.15) is 0 Å². The van der Waals surface area contributed by atoms with Gasteiger partial charge in [-0.1, -0.05) is 35.0 Å². The zero-order valence-electron chi connectivity index (χ0n) is 11.6. The molecule has 21 heavy (non-hydrogen) atoms. The zero-order valence-corrected chi connectivity index (χ0v) is 13.2. The summed E-state index contributed by atoms with van der Waals surface area (Å²) in [5.41, 5.74) is 2.29. The molecule has 0 radical (unpaired) electrons. The molecule has 0 fully saturated rings. The van der Waals surface area contributed by atoms with Gasteiger partial charge in [0.15, 0.2) is 0 Å². The highest BCUT2D eigenvalue weighted by atomic mass is 79.9. The number of carbonyl (C=O) groups is 2. The van der Waals surface area contributed by atoms with Crippen molar-refractivity contribution in [1.82, 2.24) is 15.5 Å². The van der Waals surface area contributed by atoms with E-state index in [0.29, 0.717) is 18.7 Å². The first kappa shape index (κ1) is 14.1. The first-order valence-corrected chi connectivity index (χ1v) is 7.74. The van der Waals surface area contributed by atoms with Crippen molar-refractivity contribution in [1.29, 1.82) is 0 Å². The topological polar surface area (TPSA) is 61.4 Å². The quantitative estimate of drug-likeness (QED) is 0.879. The number of rotatable bonds is 3. The van der Waals surface area contributed by atoms with Gasteiger partial charge in [0.25, 0.3) is 5.91 Å². The Morgan fingerprint density at radius 3 is 2.67 bits per heavy atom. The predicted octanol–water partition coefficient (Wildman–Crippen LogP) is 2.31. The third-order valence-electron chi connectivity index (χ3n) is 3.72. The summed E-state index contributed by atoms with van der Waals surface area (Å²) >= 11 is 3.39. The van der Waals surface area contributed by atoms with Gasteiger partial charge < -0.3 is 15.5 Å². The summed E-state index contributed by atoms with van der Waals surface area (Å²) in [5.74, 6) is 0.00673. The second-order valence-corrected chi connectivity index (χ2v) is 6.12. The van der Waals surface area contributed by atoms with E-state index < -0.39 is 0 Å². The number of urea groups is 1. The number of carbonyl (C=O) groups excluding carboxylic acids is 2. The number of amides is 3. The Balaban J connectivity index is 1.96. The summed E-state index contributed by atoms with van der Waals surface area (Å²) in [6.45, 7) is 3.23. The Morgan fingerprint density at radius 1 is 1.29 bits per heavy atom. The van der Waals surface area contributed by atoms with E-state index in [1.807, 2.05) is 31.2 Å². The van der Waals surface area contributed by atoms with Crippen LogP contribution in [0.5, 0.6) is 0 Å². The molecule has 3 rings (SSSR count). The maximum absolute atomic E-state index is 12.6. The molecule has 0 bridgehead atoms. The molecule has 0 unspecified atom stereocenters. The fourth-order valence-electron chi connectivity index (χ4n) is 2.78. The monoisotopic (exact) mass is 349 g/mol. The molecule has 1 atom stereocenters. The molecule has 5 nitrogen and oxygen atoms in total. The van der Waals surface area contributed by atoms with Crippen molar-refractivity contribution in [2.45, 2.75) is 19.4 Å². The average molecular weight is 350 g/mol. The molecule has 2 heterocycles. The number of nitrogens with zero attached hydrogens (tertiary/aromatic N) is 1. The second-order valence-electron chi connectivity index (χ2n) is 5.20. The predicted molar refractivity (Wildman–Crippen MR) is 82.4 cm³/mol. The lowest BCUT2D eigenvalue weighted by atomic mass is 9.96. The van der Waals surface area contributed by atoms with E-state index in [4.69, 9.17) is 0 Å². The molecule has 2 N–H and O–H groups in total. The number of hydrogen-bond acceptors (Lipinski definition) is 2. The molecule has 2 aliphatic rings. The van der Waals surface area contributed by atoms with Crippen molar-refractivity contribution in [3.63, 3.8) is 0 Å². The standard InChI is InChI=1S/C15H16BrN3O2/c1-2-7-19-8-11-12(14(19)20)13(18-15(21)17-11)9-3-5-10(16)6-4-9/h3-6,13H,2,7-8H2,1H3,(H2,17,18,21)/t13-/m1/s1. The first-order chi connectivity index (χ1) is 10.1. The van der Waals surface area contributed by atoms with Gasteiger partial charge in [-0.05, 0) is 24.1 Å². The SMILES string of the molecule is CCCN1CC2=C(C1=O)[C@@H](c1ccc(Br)cc1)NC(=O)N2. The third-order valence-corrected chi connectivity index (χ3v) is 4.25. The fourth-order valence-corrected chi connectivity index (χ4v) is 3.05. The molecule has 0 aromatic heterocycles. The van der Waals surface area contributed by atoms with E-state index in [-0.39, 0.29) is 18.0 Å². The van der Waals surface area contributed by atoms with Crippen LogP contribution in [0.4, 0.5) is 4.79 Å². The van der Waals surface area contributed by atoms with Crippen molar-refractivity contribution in [2.24, 2.45) is 0 Å². The van der Waals surface area contributed by atoms with Crippen molar-refractivity contribution >= 4 is 27.9 Å². The summed E-state index contributed by atoms with van der Waals surface area (Å²) in [4.78, 5) is 26.2. The minimum absolute atomic E-state index is 0.00673. The van der Waals surface area contributed by atoms with Gasteiger partial charge in [-0.25, -0.2) is 4.79 Å². The molecule has 1 aromatic carbocycles. The maximum atomic E-state index is 12.6. The van der Waals surface area contributed by atoms with Gasteiger partial charge in [-0.15, -0.1) is 0 Å². The highest BCUT2D eigenvalue weighted by Gasteiger charge is 2.39. The Labute approximate surface area is 131 Å². The Bertz CT molecular complexity index is 624. The Kier molecular flexibility index (Phi) is 3.71. The highest BCUT2D eigenvalue weighted by Crippen LogP contribution is 2.32. The van der Waals surface area contributed by atoms with Crippen molar-refractivity contribution in [3.8, 4) is 0 Å². The molecule has 6 heteroatoms. The Morgan fingerprint density at radius 2 is 2.00 bits per heavy atom. The van der Waals surface area contributed by atoms with Gasteiger partial charge in [-0.3, -0.25) is 4.79 Å². The molecule has 0 aliphatic carbocycles. The lowest BCUT2D eigenvalue weighted by Gasteiger charge is -2.25. The number of halogens is 1. The summed E-state index contributed by atoms with van der Waals surface area (Å²) in [7, 11) is 0. The van der Waals surface area contributed by atoms with Crippen LogP contribution in [0, 0.1) is 0 Å². The molecule has 3 amide bonds. The number of hydrogen-bond donors (Lipinski definition) is 2. The first-order valence-electron chi connectivity index (χ1n) is 6.95. The van der Waals surface area contributed by atoms with Crippen LogP contribution >= 0.6 is 15.9 Å². The van der Waals surface area contributed by atoms with E-state index in [2.05, 4.69) is 26.6 Å². The molecular formula is C15H16BrN3O2. The van der Waals surface area contributed by atoms with E-state index in [1.165, 1.54) is 0 Å². The van der Waals surface area contributed by atoms with E-state index >= 15 is 0 Å². The third kappa shape index (κ3) is 2.55. The van der Waals surface area contributed by atoms with Crippen LogP contribution in [0.15, 0.2) is 40.0 Å². The van der Waals surface area contributed by atoms with Gasteiger partial charge >= 0.3 is 6.03 Å². The van der Waals surface area contributed by atoms with Crippen molar-refractivity contribution in [3.05, 3.63) is 45.6 Å². The minimum atomic E-state index is -0.379. The molecule has 2 aliphatic heterocycles. The van der Waals surface area contributed by atoms with Crippen LogP contribution in [0.3, 0.4) is 0 Å². The van der Waals surface area contributed by atoms with Crippen LogP contribution < -0.4 is 10.6 Å². The van der Waals surface area contributed by atoms with Crippen molar-refractivity contribution < 1.29 is 9.59 Å². The maximum Gasteiger partial charge on any atom is 0.319 e. The van der Waals surface area contributed by atoms with Gasteiger partial charge in [0.05, 0.1) is 23.9 Å². The molecule has 1 aromatic rings. The normalized spacial score (nSPS) is 21.2. The smallest absolute Gasteiger partial charge is 0.319 e. The summed E-state index contributed by atoms with van der Waals surface area (Å²) in [5, 5.41) is 5.61. The van der Waals surface area contributed by atoms with Crippen LogP contribution in [0.1, 0.15) is 24.9 Å². The van der Waals surface area contributed by atoms with E-state index in [9.17, 15) is 9.59 Å². The van der Waals surface area contributed by atoms with Crippen molar-refractivity contribution in [2.75, 3.05) is 13.1 Å². The van der Waals surface area contributed by atoms with E-state index in [1.54, 1.807) is 4.90 Å². The molecule has 0 spiro atoms. The van der Waals surface area contributed by atoms with Crippen LogP contribution in [-0.2, 0) is 4.79 Å². The zero-order chi connectivity index (χ0) is 15.0. The fraction of sp³-hybridized carbons (Fsp3) is 0.333. The largest absolute Gasteiger partial charge is 0.333 e. The van der Waals surface area contributed by atoms with Gasteiger partial charge in [-0.2, -0.15) is 0 Å². The second kappa shape index (κ2) is 5.52. The molecule has 110 valence electrons. The summed E-state index contributed by atoms with van der Waals surface area (Å²) in [6.07, 6.45) is 0.899. The highest BCUT2D eigenvalue weighted by molar-refractivity contribution is 9.10. The van der Waals surface area contributed by atoms with Crippen LogP contribution in [0.2, 0.25) is 0 Å². The lowest BCUT2D eigenvalue weighted by Crippen LogP contribution is -2.44.